The Balaban J connectivity index is 0.000000328. The predicted octanol–water partition coefficient (Wildman–Crippen LogP) is 8.11. The van der Waals surface area contributed by atoms with E-state index < -0.39 is 5.41 Å². The molecule has 0 bridgehead atoms. The minimum Gasteiger partial charge on any atom is -0.512 e. The Hall–Kier alpha value is -3.02. The Morgan fingerprint density at radius 1 is 1.00 bits per heavy atom. The van der Waals surface area contributed by atoms with Gasteiger partial charge in [-0.1, -0.05) is 67.5 Å². The summed E-state index contributed by atoms with van der Waals surface area (Å²) >= 11 is 0. The zero-order chi connectivity index (χ0) is 28.6. The van der Waals surface area contributed by atoms with Gasteiger partial charge in [0.2, 0.25) is 0 Å². The number of aromatic nitrogens is 3. The van der Waals surface area contributed by atoms with Crippen LogP contribution in [0.3, 0.4) is 0 Å². The molecule has 209 valence electrons. The van der Waals surface area contributed by atoms with E-state index in [1.165, 1.54) is 12.4 Å². The average molecular weight is 707 g/mol. The molecule has 0 atom stereocenters. The summed E-state index contributed by atoms with van der Waals surface area (Å²) in [5, 5.41) is 12.3. The Kier molecular flexibility index (Phi) is 9.92. The van der Waals surface area contributed by atoms with Crippen molar-refractivity contribution in [3.05, 3.63) is 76.8 Å². The standard InChI is InChI=1S/C21H17FN3.C11H20O2.Ir/c1-11-9-15-6-8-17-20(16-7-5-12(2)25-14(16)4)23-10-24-21(17)18(15)13(3)19(11)22;1-10(2,3)8(12)7-9(13)11(4,5)6;/h5-6,8-10H,1-4H3;7,12H,1-6H3;/q-1;;/b;8-7-;. The molecule has 0 aliphatic carbocycles. The van der Waals surface area contributed by atoms with Gasteiger partial charge in [0.05, 0.1) is 5.52 Å². The first-order valence-electron chi connectivity index (χ1n) is 12.7. The predicted molar refractivity (Wildman–Crippen MR) is 153 cm³/mol. The third-order valence-corrected chi connectivity index (χ3v) is 6.40. The van der Waals surface area contributed by atoms with Gasteiger partial charge in [0, 0.05) is 48.1 Å². The third kappa shape index (κ3) is 7.14. The van der Waals surface area contributed by atoms with Crippen LogP contribution in [0.25, 0.3) is 32.9 Å². The van der Waals surface area contributed by atoms with E-state index in [9.17, 15) is 14.3 Å². The van der Waals surface area contributed by atoms with Gasteiger partial charge in [-0.15, -0.1) is 17.7 Å². The number of pyridine rings is 1. The Morgan fingerprint density at radius 3 is 2.21 bits per heavy atom. The second kappa shape index (κ2) is 12.0. The number of carbonyl (C=O) groups excluding carboxylic acids is 1. The van der Waals surface area contributed by atoms with Crippen LogP contribution in [-0.4, -0.2) is 25.8 Å². The van der Waals surface area contributed by atoms with Gasteiger partial charge >= 0.3 is 0 Å². The fraction of sp³-hybridized carbons (Fsp3) is 0.375. The summed E-state index contributed by atoms with van der Waals surface area (Å²) in [6.45, 7) is 18.6. The van der Waals surface area contributed by atoms with Gasteiger partial charge < -0.3 is 10.1 Å². The van der Waals surface area contributed by atoms with Crippen molar-refractivity contribution in [1.29, 1.82) is 0 Å². The number of benzene rings is 2. The molecule has 0 amide bonds. The van der Waals surface area contributed by atoms with Gasteiger partial charge in [-0.05, 0) is 53.2 Å². The van der Waals surface area contributed by atoms with Crippen LogP contribution in [0.15, 0.2) is 42.4 Å². The molecule has 4 rings (SSSR count). The van der Waals surface area contributed by atoms with Crippen LogP contribution in [-0.2, 0) is 24.9 Å². The number of halogens is 1. The van der Waals surface area contributed by atoms with Crippen molar-refractivity contribution in [2.75, 3.05) is 0 Å². The van der Waals surface area contributed by atoms with E-state index in [-0.39, 0.29) is 42.9 Å². The van der Waals surface area contributed by atoms with Crippen LogP contribution >= 0.6 is 0 Å². The smallest absolute Gasteiger partial charge is 0.164 e. The molecule has 1 N–H and O–H groups in total. The van der Waals surface area contributed by atoms with E-state index in [0.717, 1.165) is 44.3 Å². The fourth-order valence-electron chi connectivity index (χ4n) is 3.99. The Labute approximate surface area is 244 Å². The van der Waals surface area contributed by atoms with E-state index in [4.69, 9.17) is 0 Å². The van der Waals surface area contributed by atoms with Crippen molar-refractivity contribution in [3.63, 3.8) is 0 Å². The summed E-state index contributed by atoms with van der Waals surface area (Å²) in [7, 11) is 0. The van der Waals surface area contributed by atoms with Crippen molar-refractivity contribution >= 4 is 27.5 Å². The number of fused-ring (bicyclic) bond motifs is 3. The molecule has 0 fully saturated rings. The van der Waals surface area contributed by atoms with Crippen molar-refractivity contribution in [3.8, 4) is 11.3 Å². The maximum absolute atomic E-state index is 14.5. The SMILES string of the molecule is CC(C)(C)C(=O)/C=C(\O)C(C)(C)C.Cc1c[c-]c(-c2ncnc3c2ccc2cc(C)c(F)c(C)c23)c(C)n1.[Ir]. The second-order valence-electron chi connectivity index (χ2n) is 11.8. The molecule has 0 spiro atoms. The van der Waals surface area contributed by atoms with Crippen molar-refractivity contribution in [2.24, 2.45) is 10.8 Å². The molecule has 0 aliphatic heterocycles. The molecule has 4 aromatic rings. The van der Waals surface area contributed by atoms with E-state index in [0.29, 0.717) is 11.1 Å². The number of ketones is 1. The molecule has 39 heavy (non-hydrogen) atoms. The van der Waals surface area contributed by atoms with Crippen LogP contribution in [0, 0.1) is 50.4 Å². The van der Waals surface area contributed by atoms with Crippen LogP contribution in [0.1, 0.15) is 64.1 Å². The van der Waals surface area contributed by atoms with Crippen LogP contribution in [0.4, 0.5) is 4.39 Å². The molecule has 2 aromatic carbocycles. The van der Waals surface area contributed by atoms with E-state index in [1.807, 2.05) is 79.7 Å². The molecule has 0 unspecified atom stereocenters. The number of aliphatic hydroxyl groups is 1. The van der Waals surface area contributed by atoms with Crippen molar-refractivity contribution < 1.29 is 34.4 Å². The molecule has 7 heteroatoms. The number of aliphatic hydroxyl groups excluding tert-OH is 1. The largest absolute Gasteiger partial charge is 0.512 e. The number of aryl methyl sites for hydroxylation is 4. The first-order valence-corrected chi connectivity index (χ1v) is 12.7. The molecule has 0 saturated carbocycles. The summed E-state index contributed by atoms with van der Waals surface area (Å²) < 4.78 is 14.5. The Morgan fingerprint density at radius 2 is 1.64 bits per heavy atom. The average Bonchev–Trinajstić information content (AvgIpc) is 2.81. The second-order valence-corrected chi connectivity index (χ2v) is 11.8. The van der Waals surface area contributed by atoms with E-state index >= 15 is 0 Å². The van der Waals surface area contributed by atoms with Gasteiger partial charge in [0.1, 0.15) is 17.9 Å². The van der Waals surface area contributed by atoms with E-state index in [2.05, 4.69) is 21.0 Å². The van der Waals surface area contributed by atoms with Crippen LogP contribution in [0.2, 0.25) is 0 Å². The van der Waals surface area contributed by atoms with E-state index in [1.54, 1.807) is 13.8 Å². The van der Waals surface area contributed by atoms with Gasteiger partial charge in [-0.3, -0.25) is 9.78 Å². The van der Waals surface area contributed by atoms with Gasteiger partial charge in [-0.2, -0.15) is 0 Å². The number of carbonyl (C=O) groups is 1. The Bertz CT molecular complexity index is 1560. The molecule has 5 nitrogen and oxygen atoms in total. The summed E-state index contributed by atoms with van der Waals surface area (Å²) in [6, 6.07) is 11.0. The number of allylic oxidation sites excluding steroid dienone is 2. The fourth-order valence-corrected chi connectivity index (χ4v) is 3.99. The molecule has 2 aromatic heterocycles. The summed E-state index contributed by atoms with van der Waals surface area (Å²) in [4.78, 5) is 24.9. The van der Waals surface area contributed by atoms with Gasteiger partial charge in [0.25, 0.3) is 0 Å². The molecule has 2 heterocycles. The first kappa shape index (κ1) is 32.2. The zero-order valence-electron chi connectivity index (χ0n) is 24.4. The van der Waals surface area contributed by atoms with Crippen LogP contribution in [0.5, 0.6) is 0 Å². The van der Waals surface area contributed by atoms with Crippen molar-refractivity contribution in [1.82, 2.24) is 15.0 Å². The number of nitrogens with zero attached hydrogens (tertiary/aromatic N) is 3. The topological polar surface area (TPSA) is 76.0 Å². The maximum atomic E-state index is 14.5. The summed E-state index contributed by atoms with van der Waals surface area (Å²) in [5.41, 5.74) is 4.66. The number of rotatable bonds is 2. The molecular weight excluding hydrogens is 670 g/mol. The quantitative estimate of drug-likeness (QED) is 0.0987. The third-order valence-electron chi connectivity index (χ3n) is 6.40. The molecule has 0 saturated heterocycles. The normalized spacial score (nSPS) is 12.1. The molecular formula is C32H37FIrN3O2-. The van der Waals surface area contributed by atoms with Gasteiger partial charge in [-0.25, -0.2) is 9.37 Å². The monoisotopic (exact) mass is 707 g/mol. The van der Waals surface area contributed by atoms with Crippen LogP contribution < -0.4 is 0 Å². The first-order chi connectivity index (χ1) is 17.5. The number of hydrogen-bond donors (Lipinski definition) is 1. The minimum atomic E-state index is -0.417. The zero-order valence-corrected chi connectivity index (χ0v) is 26.8. The number of hydrogen-bond acceptors (Lipinski definition) is 5. The molecule has 1 radical (unpaired) electrons. The van der Waals surface area contributed by atoms with Gasteiger partial charge in [0.15, 0.2) is 5.78 Å². The molecule has 0 aliphatic rings. The minimum absolute atomic E-state index is 0. The maximum Gasteiger partial charge on any atom is 0.164 e. The van der Waals surface area contributed by atoms with Crippen molar-refractivity contribution in [2.45, 2.75) is 69.2 Å². The summed E-state index contributed by atoms with van der Waals surface area (Å²) in [6.07, 6.45) is 2.86. The summed E-state index contributed by atoms with van der Waals surface area (Å²) in [5.74, 6) is -0.0766.